The normalized spacial score (nSPS) is 9.89. The molecule has 0 unspecified atom stereocenters. The molecule has 0 saturated carbocycles. The number of rotatable bonds is 4. The van der Waals surface area contributed by atoms with Crippen LogP contribution in [-0.4, -0.2) is 11.1 Å². The van der Waals surface area contributed by atoms with E-state index in [2.05, 4.69) is 6.58 Å². The van der Waals surface area contributed by atoms with E-state index in [1.165, 1.54) is 24.3 Å². The Morgan fingerprint density at radius 2 is 1.74 bits per heavy atom. The number of allylic oxidation sites excluding steroid dienone is 1. The summed E-state index contributed by atoms with van der Waals surface area (Å²) in [5.74, 6) is 0.160. The van der Waals surface area contributed by atoms with Crippen LogP contribution in [0.2, 0.25) is 0 Å². The minimum absolute atomic E-state index is 0.116. The topological polar surface area (TPSA) is 46.5 Å². The van der Waals surface area contributed by atoms with Crippen molar-refractivity contribution in [2.24, 2.45) is 0 Å². The van der Waals surface area contributed by atoms with Gasteiger partial charge in [0.15, 0.2) is 0 Å². The molecule has 1 N–H and O–H groups in total. The van der Waals surface area contributed by atoms with Gasteiger partial charge in [-0.15, -0.1) is 6.58 Å². The first-order valence-electron chi connectivity index (χ1n) is 5.90. The molecule has 0 aliphatic carbocycles. The van der Waals surface area contributed by atoms with Crippen LogP contribution in [0.3, 0.4) is 0 Å². The van der Waals surface area contributed by atoms with E-state index in [4.69, 9.17) is 9.84 Å². The van der Waals surface area contributed by atoms with E-state index in [0.29, 0.717) is 11.3 Å². The Hall–Kier alpha value is -2.55. The fourth-order valence-electron chi connectivity index (χ4n) is 1.62. The quantitative estimate of drug-likeness (QED) is 0.517. The van der Waals surface area contributed by atoms with Gasteiger partial charge < -0.3 is 9.84 Å². The third-order valence-electron chi connectivity index (χ3n) is 2.62. The van der Waals surface area contributed by atoms with E-state index in [1.807, 2.05) is 18.2 Å². The van der Waals surface area contributed by atoms with E-state index >= 15 is 0 Å². The van der Waals surface area contributed by atoms with Gasteiger partial charge in [0, 0.05) is 0 Å². The molecule has 0 aliphatic heterocycles. The molecule has 3 nitrogen and oxygen atoms in total. The summed E-state index contributed by atoms with van der Waals surface area (Å²) in [7, 11) is 0. The highest BCUT2D eigenvalue weighted by Crippen LogP contribution is 2.16. The van der Waals surface area contributed by atoms with Crippen molar-refractivity contribution in [3.05, 3.63) is 72.3 Å². The summed E-state index contributed by atoms with van der Waals surface area (Å²) in [5.41, 5.74) is 1.51. The van der Waals surface area contributed by atoms with Crippen molar-refractivity contribution < 1.29 is 14.6 Å². The average Bonchev–Trinajstić information content (AvgIpc) is 2.42. The zero-order valence-electron chi connectivity index (χ0n) is 10.4. The molecule has 0 aromatic heterocycles. The van der Waals surface area contributed by atoms with Crippen LogP contribution in [0.15, 0.2) is 61.2 Å². The smallest absolute Gasteiger partial charge is 0.343 e. The molecule has 2 rings (SSSR count). The summed E-state index contributed by atoms with van der Waals surface area (Å²) in [6.45, 7) is 3.67. The number of benzene rings is 2. The van der Waals surface area contributed by atoms with Crippen LogP contribution < -0.4 is 4.74 Å². The van der Waals surface area contributed by atoms with Crippen LogP contribution in [0.1, 0.15) is 15.9 Å². The number of hydrogen-bond donors (Lipinski definition) is 1. The third-order valence-corrected chi connectivity index (χ3v) is 2.62. The second kappa shape index (κ2) is 5.87. The number of esters is 1. The van der Waals surface area contributed by atoms with Crippen LogP contribution in [0, 0.1) is 0 Å². The molecular weight excluding hydrogens is 240 g/mol. The Kier molecular flexibility index (Phi) is 3.98. The van der Waals surface area contributed by atoms with Gasteiger partial charge in [-0.2, -0.15) is 0 Å². The van der Waals surface area contributed by atoms with E-state index in [0.717, 1.165) is 12.0 Å². The summed E-state index contributed by atoms with van der Waals surface area (Å²) in [5, 5.41) is 9.15. The molecule has 96 valence electrons. The lowest BCUT2D eigenvalue weighted by Crippen LogP contribution is -2.08. The van der Waals surface area contributed by atoms with Crippen LogP contribution >= 0.6 is 0 Å². The molecule has 0 atom stereocenters. The molecular formula is C16H14O3. The summed E-state index contributed by atoms with van der Waals surface area (Å²) in [6, 6.07) is 13.2. The second-order valence-corrected chi connectivity index (χ2v) is 4.07. The van der Waals surface area contributed by atoms with Crippen molar-refractivity contribution in [3.63, 3.8) is 0 Å². The van der Waals surface area contributed by atoms with E-state index in [1.54, 1.807) is 12.1 Å². The molecule has 0 fully saturated rings. The Morgan fingerprint density at radius 1 is 1.11 bits per heavy atom. The molecule has 0 bridgehead atoms. The zero-order chi connectivity index (χ0) is 13.7. The maximum absolute atomic E-state index is 11.8. The predicted octanol–water partition coefficient (Wildman–Crippen LogP) is 3.34. The van der Waals surface area contributed by atoms with Crippen molar-refractivity contribution in [2.75, 3.05) is 0 Å². The van der Waals surface area contributed by atoms with Gasteiger partial charge in [0.25, 0.3) is 0 Å². The first-order valence-corrected chi connectivity index (χ1v) is 5.90. The van der Waals surface area contributed by atoms with Crippen LogP contribution in [0.25, 0.3) is 0 Å². The molecule has 2 aromatic carbocycles. The number of ether oxygens (including phenoxy) is 1. The summed E-state index contributed by atoms with van der Waals surface area (Å²) >= 11 is 0. The van der Waals surface area contributed by atoms with Crippen molar-refractivity contribution in [1.82, 2.24) is 0 Å². The lowest BCUT2D eigenvalue weighted by atomic mass is 10.1. The minimum Gasteiger partial charge on any atom is -0.508 e. The molecule has 19 heavy (non-hydrogen) atoms. The molecule has 0 heterocycles. The molecule has 3 heteroatoms. The SMILES string of the molecule is C=CCc1ccc(OC(=O)c2ccc(O)cc2)cc1. The monoisotopic (exact) mass is 254 g/mol. The van der Waals surface area contributed by atoms with Crippen LogP contribution in [0.4, 0.5) is 0 Å². The lowest BCUT2D eigenvalue weighted by molar-refractivity contribution is 0.0734. The first-order chi connectivity index (χ1) is 9.19. The van der Waals surface area contributed by atoms with E-state index in [9.17, 15) is 4.79 Å². The third kappa shape index (κ3) is 3.45. The molecule has 0 amide bonds. The highest BCUT2D eigenvalue weighted by atomic mass is 16.5. The van der Waals surface area contributed by atoms with Crippen molar-refractivity contribution in [1.29, 1.82) is 0 Å². The fourth-order valence-corrected chi connectivity index (χ4v) is 1.62. The Balaban J connectivity index is 2.06. The predicted molar refractivity (Wildman–Crippen MR) is 73.4 cm³/mol. The number of carbonyl (C=O) groups excluding carboxylic acids is 1. The number of aromatic hydroxyl groups is 1. The lowest BCUT2D eigenvalue weighted by Gasteiger charge is -2.05. The van der Waals surface area contributed by atoms with Crippen LogP contribution in [-0.2, 0) is 6.42 Å². The van der Waals surface area contributed by atoms with Gasteiger partial charge in [-0.25, -0.2) is 4.79 Å². The summed E-state index contributed by atoms with van der Waals surface area (Å²) < 4.78 is 5.23. The van der Waals surface area contributed by atoms with E-state index in [-0.39, 0.29) is 5.75 Å². The first kappa shape index (κ1) is 12.9. The number of carbonyl (C=O) groups is 1. The molecule has 0 saturated heterocycles. The summed E-state index contributed by atoms with van der Waals surface area (Å²) in [6.07, 6.45) is 2.60. The Bertz CT molecular complexity index is 568. The maximum Gasteiger partial charge on any atom is 0.343 e. The maximum atomic E-state index is 11.8. The highest BCUT2D eigenvalue weighted by molar-refractivity contribution is 5.91. The van der Waals surface area contributed by atoms with Gasteiger partial charge >= 0.3 is 5.97 Å². The Labute approximate surface area is 111 Å². The average molecular weight is 254 g/mol. The van der Waals surface area contributed by atoms with Crippen LogP contribution in [0.5, 0.6) is 11.5 Å². The van der Waals surface area contributed by atoms with E-state index < -0.39 is 5.97 Å². The van der Waals surface area contributed by atoms with Gasteiger partial charge in [0.2, 0.25) is 0 Å². The summed E-state index contributed by atoms with van der Waals surface area (Å²) in [4.78, 5) is 11.8. The van der Waals surface area contributed by atoms with Gasteiger partial charge in [0.1, 0.15) is 11.5 Å². The van der Waals surface area contributed by atoms with Gasteiger partial charge in [-0.3, -0.25) is 0 Å². The minimum atomic E-state index is -0.448. The number of hydrogen-bond acceptors (Lipinski definition) is 3. The van der Waals surface area contributed by atoms with Crippen molar-refractivity contribution in [3.8, 4) is 11.5 Å². The molecule has 2 aromatic rings. The van der Waals surface area contributed by atoms with Gasteiger partial charge in [-0.05, 0) is 48.4 Å². The number of phenolic OH excluding ortho intramolecular Hbond substituents is 1. The largest absolute Gasteiger partial charge is 0.508 e. The van der Waals surface area contributed by atoms with Gasteiger partial charge in [0.05, 0.1) is 5.56 Å². The van der Waals surface area contributed by atoms with Gasteiger partial charge in [-0.1, -0.05) is 18.2 Å². The fraction of sp³-hybridized carbons (Fsp3) is 0.0625. The Morgan fingerprint density at radius 3 is 2.32 bits per heavy atom. The van der Waals surface area contributed by atoms with Crippen molar-refractivity contribution >= 4 is 5.97 Å². The zero-order valence-corrected chi connectivity index (χ0v) is 10.4. The number of phenols is 1. The highest BCUT2D eigenvalue weighted by Gasteiger charge is 2.08. The second-order valence-electron chi connectivity index (χ2n) is 4.07. The molecule has 0 aliphatic rings. The molecule has 0 radical (unpaired) electrons. The standard InChI is InChI=1S/C16H14O3/c1-2-3-12-4-10-15(11-5-12)19-16(18)13-6-8-14(17)9-7-13/h2,4-11,17H,1,3H2. The molecule has 0 spiro atoms. The van der Waals surface area contributed by atoms with Crippen molar-refractivity contribution in [2.45, 2.75) is 6.42 Å².